The second-order valence-corrected chi connectivity index (χ2v) is 7.34. The van der Waals surface area contributed by atoms with Crippen molar-refractivity contribution in [1.82, 2.24) is 9.97 Å². The zero-order valence-electron chi connectivity index (χ0n) is 13.7. The van der Waals surface area contributed by atoms with Crippen LogP contribution in [0.2, 0.25) is 0 Å². The number of rotatable bonds is 3. The maximum atomic E-state index is 12.1. The van der Waals surface area contributed by atoms with E-state index in [4.69, 9.17) is 5.73 Å². The highest BCUT2D eigenvalue weighted by Gasteiger charge is 2.28. The van der Waals surface area contributed by atoms with Gasteiger partial charge in [0.1, 0.15) is 5.65 Å². The summed E-state index contributed by atoms with van der Waals surface area (Å²) in [6.45, 7) is 4.94. The van der Waals surface area contributed by atoms with Crippen molar-refractivity contribution in [2.24, 2.45) is 11.7 Å². The van der Waals surface area contributed by atoms with Crippen LogP contribution in [0, 0.1) is 5.92 Å². The zero-order valence-corrected chi connectivity index (χ0v) is 15.3. The van der Waals surface area contributed by atoms with Crippen LogP contribution in [0.25, 0.3) is 11.0 Å². The van der Waals surface area contributed by atoms with Crippen molar-refractivity contribution in [2.75, 3.05) is 23.3 Å². The molecular formula is C16H22BrN5O2. The van der Waals surface area contributed by atoms with Crippen molar-refractivity contribution in [3.63, 3.8) is 0 Å². The third-order valence-corrected chi connectivity index (χ3v) is 4.93. The number of aliphatic hydroxyl groups is 1. The lowest BCUT2D eigenvalue weighted by atomic mass is 10.0. The lowest BCUT2D eigenvalue weighted by Gasteiger charge is -2.36. The number of pyridine rings is 1. The van der Waals surface area contributed by atoms with E-state index < -0.39 is 6.10 Å². The Balaban J connectivity index is 2.04. The summed E-state index contributed by atoms with van der Waals surface area (Å²) >= 11 is 3.57. The largest absolute Gasteiger partial charge is 0.391 e. The maximum absolute atomic E-state index is 12.1. The number of nitrogens with one attached hydrogen (secondary N) is 2. The first-order valence-corrected chi connectivity index (χ1v) is 8.82. The van der Waals surface area contributed by atoms with Crippen LogP contribution < -0.4 is 16.0 Å². The Hall–Kier alpha value is -1.64. The van der Waals surface area contributed by atoms with E-state index in [-0.39, 0.29) is 17.9 Å². The van der Waals surface area contributed by atoms with Gasteiger partial charge in [0.25, 0.3) is 0 Å². The molecule has 0 bridgehead atoms. The van der Waals surface area contributed by atoms with Crippen LogP contribution in [0.1, 0.15) is 20.3 Å². The van der Waals surface area contributed by atoms with Gasteiger partial charge in [0.2, 0.25) is 5.91 Å². The van der Waals surface area contributed by atoms with E-state index in [0.29, 0.717) is 30.8 Å². The van der Waals surface area contributed by atoms with Gasteiger partial charge in [0.05, 0.1) is 27.3 Å². The Morgan fingerprint density at radius 1 is 1.58 bits per heavy atom. The average Bonchev–Trinajstić information content (AvgIpc) is 2.93. The van der Waals surface area contributed by atoms with Gasteiger partial charge in [-0.2, -0.15) is 0 Å². The molecule has 1 aliphatic heterocycles. The minimum Gasteiger partial charge on any atom is -0.391 e. The first kappa shape index (κ1) is 17.2. The van der Waals surface area contributed by atoms with Gasteiger partial charge in [-0.3, -0.25) is 4.79 Å². The highest BCUT2D eigenvalue weighted by molar-refractivity contribution is 9.10. The molecular weight excluding hydrogens is 374 g/mol. The molecule has 8 heteroatoms. The fraction of sp³-hybridized carbons (Fsp3) is 0.500. The molecule has 1 fully saturated rings. The number of halogens is 1. The number of aromatic amines is 1. The number of anilines is 2. The van der Waals surface area contributed by atoms with Gasteiger partial charge < -0.3 is 26.0 Å². The molecule has 24 heavy (non-hydrogen) atoms. The molecule has 2 atom stereocenters. The molecule has 3 heterocycles. The smallest absolute Gasteiger partial charge is 0.226 e. The topological polar surface area (TPSA) is 107 Å². The van der Waals surface area contributed by atoms with Gasteiger partial charge in [0.15, 0.2) is 0 Å². The van der Waals surface area contributed by atoms with Crippen molar-refractivity contribution in [1.29, 1.82) is 0 Å². The van der Waals surface area contributed by atoms with Crippen molar-refractivity contribution in [3.8, 4) is 0 Å². The number of amides is 1. The van der Waals surface area contributed by atoms with E-state index >= 15 is 0 Å². The number of carbonyl (C=O) groups excluding carboxylic acids is 1. The first-order chi connectivity index (χ1) is 11.4. The minimum absolute atomic E-state index is 0.0485. The molecule has 0 aliphatic carbocycles. The summed E-state index contributed by atoms with van der Waals surface area (Å²) in [7, 11) is 0. The fourth-order valence-corrected chi connectivity index (χ4v) is 3.46. The Labute approximate surface area is 148 Å². The van der Waals surface area contributed by atoms with Crippen molar-refractivity contribution < 1.29 is 9.90 Å². The fourth-order valence-electron chi connectivity index (χ4n) is 2.91. The molecule has 0 unspecified atom stereocenters. The van der Waals surface area contributed by atoms with Crippen LogP contribution in [-0.4, -0.2) is 46.2 Å². The van der Waals surface area contributed by atoms with Crippen LogP contribution in [-0.2, 0) is 4.79 Å². The summed E-state index contributed by atoms with van der Waals surface area (Å²) in [6.07, 6.45) is 3.62. The molecule has 130 valence electrons. The number of hydrogen-bond acceptors (Lipinski definition) is 5. The molecule has 1 aliphatic rings. The summed E-state index contributed by atoms with van der Waals surface area (Å²) in [5.41, 5.74) is 8.37. The lowest BCUT2D eigenvalue weighted by Crippen LogP contribution is -2.51. The van der Waals surface area contributed by atoms with Gasteiger partial charge in [-0.05, 0) is 22.4 Å². The summed E-state index contributed by atoms with van der Waals surface area (Å²) in [5.74, 6) is -0.162. The van der Waals surface area contributed by atoms with Crippen LogP contribution in [0.5, 0.6) is 0 Å². The second-order valence-electron chi connectivity index (χ2n) is 6.49. The molecule has 0 saturated carbocycles. The molecule has 1 saturated heterocycles. The quantitative estimate of drug-likeness (QED) is 0.633. The molecule has 0 radical (unpaired) electrons. The number of fused-ring (bicyclic) bond motifs is 1. The number of aromatic nitrogens is 2. The Bertz CT molecular complexity index is 760. The summed E-state index contributed by atoms with van der Waals surface area (Å²) < 4.78 is 0.832. The van der Waals surface area contributed by atoms with Gasteiger partial charge in [0, 0.05) is 37.4 Å². The number of nitrogens with two attached hydrogens (primary N) is 1. The molecule has 2 aromatic heterocycles. The van der Waals surface area contributed by atoms with Gasteiger partial charge in [-0.1, -0.05) is 13.8 Å². The number of piperidine rings is 1. The maximum Gasteiger partial charge on any atom is 0.226 e. The first-order valence-electron chi connectivity index (χ1n) is 8.03. The van der Waals surface area contributed by atoms with Crippen LogP contribution >= 0.6 is 15.9 Å². The standard InChI is InChI=1S/C16H22BrN5O2/c1-8(2)16(24)21-11-6-20-15-13(11)14(9(17)5-19-15)22-4-3-12(23)10(18)7-22/h5-6,8,10,12,23H,3-4,7,18H2,1-2H3,(H,19,20)(H,21,24)/t10-,12-/m0/s1. The number of carbonyl (C=O) groups is 1. The number of H-pyrrole nitrogens is 1. The zero-order chi connectivity index (χ0) is 17.4. The van der Waals surface area contributed by atoms with Crippen molar-refractivity contribution in [3.05, 3.63) is 16.9 Å². The van der Waals surface area contributed by atoms with E-state index in [1.807, 2.05) is 13.8 Å². The van der Waals surface area contributed by atoms with E-state index in [2.05, 4.69) is 36.1 Å². The summed E-state index contributed by atoms with van der Waals surface area (Å²) in [4.78, 5) is 21.7. The van der Waals surface area contributed by atoms with E-state index in [0.717, 1.165) is 15.5 Å². The van der Waals surface area contributed by atoms with Crippen molar-refractivity contribution >= 4 is 44.2 Å². The molecule has 5 N–H and O–H groups in total. The number of hydrogen-bond donors (Lipinski definition) is 4. The van der Waals surface area contributed by atoms with E-state index in [1.165, 1.54) is 0 Å². The van der Waals surface area contributed by atoms with Gasteiger partial charge >= 0.3 is 0 Å². The number of aliphatic hydroxyl groups excluding tert-OH is 1. The van der Waals surface area contributed by atoms with E-state index in [9.17, 15) is 9.90 Å². The highest BCUT2D eigenvalue weighted by atomic mass is 79.9. The molecule has 7 nitrogen and oxygen atoms in total. The Kier molecular flexibility index (Phi) is 4.80. The summed E-state index contributed by atoms with van der Waals surface area (Å²) in [6, 6.07) is -0.304. The lowest BCUT2D eigenvalue weighted by molar-refractivity contribution is -0.118. The number of nitrogens with zero attached hydrogens (tertiary/aromatic N) is 2. The minimum atomic E-state index is -0.483. The predicted octanol–water partition coefficient (Wildman–Crippen LogP) is 1.82. The highest BCUT2D eigenvalue weighted by Crippen LogP contribution is 2.38. The monoisotopic (exact) mass is 395 g/mol. The molecule has 2 aromatic rings. The molecule has 0 aromatic carbocycles. The normalized spacial score (nSPS) is 21.5. The Morgan fingerprint density at radius 2 is 2.33 bits per heavy atom. The summed E-state index contributed by atoms with van der Waals surface area (Å²) in [5, 5.41) is 13.7. The van der Waals surface area contributed by atoms with Crippen LogP contribution in [0.4, 0.5) is 11.4 Å². The third-order valence-electron chi connectivity index (χ3n) is 4.35. The van der Waals surface area contributed by atoms with Gasteiger partial charge in [-0.15, -0.1) is 0 Å². The molecule has 1 amide bonds. The van der Waals surface area contributed by atoms with Crippen LogP contribution in [0.15, 0.2) is 16.9 Å². The molecule has 3 rings (SSSR count). The predicted molar refractivity (Wildman–Crippen MR) is 98.1 cm³/mol. The van der Waals surface area contributed by atoms with E-state index in [1.54, 1.807) is 12.4 Å². The molecule has 0 spiro atoms. The Morgan fingerprint density at radius 3 is 3.00 bits per heavy atom. The SMILES string of the molecule is CC(C)C(=O)Nc1c[nH]c2ncc(Br)c(N3CC[C@H](O)[C@@H](N)C3)c12. The van der Waals surface area contributed by atoms with Gasteiger partial charge in [-0.25, -0.2) is 4.98 Å². The van der Waals surface area contributed by atoms with Crippen molar-refractivity contribution in [2.45, 2.75) is 32.4 Å². The average molecular weight is 396 g/mol. The second kappa shape index (κ2) is 6.70. The van der Waals surface area contributed by atoms with Crippen LogP contribution in [0.3, 0.4) is 0 Å². The third kappa shape index (κ3) is 3.13.